The molecule has 0 atom stereocenters. The summed E-state index contributed by atoms with van der Waals surface area (Å²) in [6.45, 7) is 2.93. The van der Waals surface area contributed by atoms with Crippen LogP contribution < -0.4 is 20.4 Å². The minimum Gasteiger partial charge on any atom is -0.368 e. The van der Waals surface area contributed by atoms with Crippen LogP contribution in [0.15, 0.2) is 78.9 Å². The standard InChI is InChI=1S/C24H23F3N4O/c25-24(26,27)18-6-10-21(11-7-18)30-14-16-31(17-15-30)22-12-8-20(9-13-22)29-23(32)28-19-4-2-1-3-5-19/h1-13H,14-17H2,(H2,28,29,32). The molecule has 2 amide bonds. The highest BCUT2D eigenvalue weighted by Crippen LogP contribution is 2.31. The van der Waals surface area contributed by atoms with E-state index < -0.39 is 11.7 Å². The molecule has 4 rings (SSSR count). The molecule has 5 nitrogen and oxygen atoms in total. The van der Waals surface area contributed by atoms with Gasteiger partial charge in [-0.1, -0.05) is 18.2 Å². The Morgan fingerprint density at radius 1 is 0.656 bits per heavy atom. The highest BCUT2D eigenvalue weighted by molar-refractivity contribution is 5.99. The lowest BCUT2D eigenvalue weighted by atomic mass is 10.1. The van der Waals surface area contributed by atoms with Crippen LogP contribution >= 0.6 is 0 Å². The molecule has 32 heavy (non-hydrogen) atoms. The quantitative estimate of drug-likeness (QED) is 0.549. The number of carbonyl (C=O) groups excluding carboxylic acids is 1. The van der Waals surface area contributed by atoms with E-state index in [1.54, 1.807) is 0 Å². The van der Waals surface area contributed by atoms with E-state index in [9.17, 15) is 18.0 Å². The van der Waals surface area contributed by atoms with Gasteiger partial charge in [0.05, 0.1) is 5.56 Å². The van der Waals surface area contributed by atoms with Gasteiger partial charge in [0, 0.05) is 48.9 Å². The molecule has 0 bridgehead atoms. The molecule has 0 aliphatic carbocycles. The summed E-state index contributed by atoms with van der Waals surface area (Å²) in [5, 5.41) is 5.58. The molecule has 2 N–H and O–H groups in total. The van der Waals surface area contributed by atoms with Crippen LogP contribution in [-0.4, -0.2) is 32.2 Å². The molecule has 0 aromatic heterocycles. The fourth-order valence-corrected chi connectivity index (χ4v) is 3.65. The van der Waals surface area contributed by atoms with Crippen LogP contribution in [0.3, 0.4) is 0 Å². The molecule has 1 aliphatic heterocycles. The fraction of sp³-hybridized carbons (Fsp3) is 0.208. The van der Waals surface area contributed by atoms with E-state index in [2.05, 4.69) is 20.4 Å². The second-order valence-electron chi connectivity index (χ2n) is 7.51. The third-order valence-corrected chi connectivity index (χ3v) is 5.36. The van der Waals surface area contributed by atoms with Crippen LogP contribution in [0.25, 0.3) is 0 Å². The molecule has 0 unspecified atom stereocenters. The van der Waals surface area contributed by atoms with Crippen LogP contribution in [0, 0.1) is 0 Å². The molecule has 1 saturated heterocycles. The summed E-state index contributed by atoms with van der Waals surface area (Å²) in [5.74, 6) is 0. The Kier molecular flexibility index (Phi) is 6.20. The summed E-state index contributed by atoms with van der Waals surface area (Å²) in [6, 6.07) is 21.8. The number of piperazine rings is 1. The Bertz CT molecular complexity index is 1030. The Morgan fingerprint density at radius 2 is 1.09 bits per heavy atom. The highest BCUT2D eigenvalue weighted by atomic mass is 19.4. The number of nitrogens with zero attached hydrogens (tertiary/aromatic N) is 2. The Morgan fingerprint density at radius 3 is 1.56 bits per heavy atom. The van der Waals surface area contributed by atoms with E-state index in [-0.39, 0.29) is 6.03 Å². The smallest absolute Gasteiger partial charge is 0.368 e. The maximum absolute atomic E-state index is 12.8. The van der Waals surface area contributed by atoms with E-state index in [4.69, 9.17) is 0 Å². The number of para-hydroxylation sites is 1. The molecule has 0 saturated carbocycles. The predicted octanol–water partition coefficient (Wildman–Crippen LogP) is 5.68. The van der Waals surface area contributed by atoms with Crippen molar-refractivity contribution in [2.75, 3.05) is 46.6 Å². The van der Waals surface area contributed by atoms with E-state index in [1.165, 1.54) is 12.1 Å². The van der Waals surface area contributed by atoms with Crippen molar-refractivity contribution in [1.29, 1.82) is 0 Å². The minimum absolute atomic E-state index is 0.311. The molecule has 1 fully saturated rings. The fourth-order valence-electron chi connectivity index (χ4n) is 3.65. The lowest BCUT2D eigenvalue weighted by Crippen LogP contribution is -2.46. The molecule has 3 aromatic carbocycles. The number of urea groups is 1. The summed E-state index contributed by atoms with van der Waals surface area (Å²) in [4.78, 5) is 16.4. The van der Waals surface area contributed by atoms with Crippen LogP contribution in [0.5, 0.6) is 0 Å². The van der Waals surface area contributed by atoms with Crippen molar-refractivity contribution >= 4 is 28.8 Å². The first kappa shape index (κ1) is 21.5. The molecule has 8 heteroatoms. The van der Waals surface area contributed by atoms with Gasteiger partial charge in [0.2, 0.25) is 0 Å². The van der Waals surface area contributed by atoms with Gasteiger partial charge >= 0.3 is 12.2 Å². The van der Waals surface area contributed by atoms with Gasteiger partial charge in [-0.2, -0.15) is 13.2 Å². The number of anilines is 4. The minimum atomic E-state index is -4.32. The van der Waals surface area contributed by atoms with Gasteiger partial charge in [-0.05, 0) is 60.7 Å². The van der Waals surface area contributed by atoms with Crippen molar-refractivity contribution < 1.29 is 18.0 Å². The molecule has 0 radical (unpaired) electrons. The molecule has 3 aromatic rings. The van der Waals surface area contributed by atoms with Gasteiger partial charge in [-0.3, -0.25) is 0 Å². The second kappa shape index (κ2) is 9.21. The second-order valence-corrected chi connectivity index (χ2v) is 7.51. The van der Waals surface area contributed by atoms with Crippen molar-refractivity contribution in [2.24, 2.45) is 0 Å². The Hall–Kier alpha value is -3.68. The van der Waals surface area contributed by atoms with Gasteiger partial charge in [0.15, 0.2) is 0 Å². The van der Waals surface area contributed by atoms with Gasteiger partial charge < -0.3 is 20.4 Å². The summed E-state index contributed by atoms with van der Waals surface area (Å²) in [6.07, 6.45) is -4.32. The number of carbonyl (C=O) groups is 1. The first-order valence-corrected chi connectivity index (χ1v) is 10.3. The normalized spacial score (nSPS) is 14.2. The number of hydrogen-bond donors (Lipinski definition) is 2. The lowest BCUT2D eigenvalue weighted by Gasteiger charge is -2.37. The van der Waals surface area contributed by atoms with Crippen molar-refractivity contribution in [3.63, 3.8) is 0 Å². The van der Waals surface area contributed by atoms with Gasteiger partial charge in [0.25, 0.3) is 0 Å². The average molecular weight is 440 g/mol. The first-order chi connectivity index (χ1) is 15.4. The Balaban J connectivity index is 1.29. The van der Waals surface area contributed by atoms with Gasteiger partial charge in [0.1, 0.15) is 0 Å². The van der Waals surface area contributed by atoms with E-state index in [1.807, 2.05) is 54.6 Å². The van der Waals surface area contributed by atoms with Crippen LogP contribution in [-0.2, 0) is 6.18 Å². The molecule has 1 aliphatic rings. The van der Waals surface area contributed by atoms with E-state index >= 15 is 0 Å². The summed E-state index contributed by atoms with van der Waals surface area (Å²) >= 11 is 0. The van der Waals surface area contributed by atoms with Crippen LogP contribution in [0.4, 0.5) is 40.7 Å². The largest absolute Gasteiger partial charge is 0.416 e. The number of alkyl halides is 3. The molecule has 166 valence electrons. The molecular formula is C24H23F3N4O. The number of hydrogen-bond acceptors (Lipinski definition) is 3. The SMILES string of the molecule is O=C(Nc1ccccc1)Nc1ccc(N2CCN(c3ccc(C(F)(F)F)cc3)CC2)cc1. The van der Waals surface area contributed by atoms with Crippen molar-refractivity contribution in [3.8, 4) is 0 Å². The number of amides is 2. The van der Waals surface area contributed by atoms with Gasteiger partial charge in [-0.25, -0.2) is 4.79 Å². The highest BCUT2D eigenvalue weighted by Gasteiger charge is 2.30. The molecule has 0 spiro atoms. The topological polar surface area (TPSA) is 47.6 Å². The van der Waals surface area contributed by atoms with Crippen molar-refractivity contribution in [3.05, 3.63) is 84.4 Å². The molecule has 1 heterocycles. The maximum Gasteiger partial charge on any atom is 0.416 e. The number of halogens is 3. The zero-order chi connectivity index (χ0) is 22.6. The van der Waals surface area contributed by atoms with Crippen LogP contribution in [0.2, 0.25) is 0 Å². The van der Waals surface area contributed by atoms with E-state index in [0.29, 0.717) is 24.5 Å². The first-order valence-electron chi connectivity index (χ1n) is 10.3. The number of nitrogens with one attached hydrogen (secondary N) is 2. The van der Waals surface area contributed by atoms with Crippen molar-refractivity contribution in [1.82, 2.24) is 0 Å². The summed E-state index contributed by atoms with van der Waals surface area (Å²) in [7, 11) is 0. The zero-order valence-corrected chi connectivity index (χ0v) is 17.3. The third-order valence-electron chi connectivity index (χ3n) is 5.36. The van der Waals surface area contributed by atoms with Crippen LogP contribution in [0.1, 0.15) is 5.56 Å². The molecular weight excluding hydrogens is 417 g/mol. The van der Waals surface area contributed by atoms with Gasteiger partial charge in [-0.15, -0.1) is 0 Å². The average Bonchev–Trinajstić information content (AvgIpc) is 2.80. The van der Waals surface area contributed by atoms with Crippen molar-refractivity contribution in [2.45, 2.75) is 6.18 Å². The summed E-state index contributed by atoms with van der Waals surface area (Å²) < 4.78 is 38.3. The summed E-state index contributed by atoms with van der Waals surface area (Å²) in [5.41, 5.74) is 2.59. The predicted molar refractivity (Wildman–Crippen MR) is 121 cm³/mol. The van der Waals surface area contributed by atoms with E-state index in [0.717, 1.165) is 36.6 Å². The Labute approximate surface area is 184 Å². The zero-order valence-electron chi connectivity index (χ0n) is 17.3. The monoisotopic (exact) mass is 440 g/mol. The number of rotatable bonds is 4. The lowest BCUT2D eigenvalue weighted by molar-refractivity contribution is -0.137. The third kappa shape index (κ3) is 5.32. The number of benzene rings is 3. The maximum atomic E-state index is 12.8.